The van der Waals surface area contributed by atoms with E-state index in [1.54, 1.807) is 21.3 Å². The Morgan fingerprint density at radius 3 is 2.05 bits per heavy atom. The Morgan fingerprint density at radius 2 is 1.58 bits per heavy atom. The van der Waals surface area contributed by atoms with Crippen LogP contribution in [0.3, 0.4) is 0 Å². The lowest BCUT2D eigenvalue weighted by atomic mass is 10.1. The summed E-state index contributed by atoms with van der Waals surface area (Å²) in [6, 6.07) is 8.68. The van der Waals surface area contributed by atoms with Crippen LogP contribution in [0.25, 0.3) is 10.4 Å². The number of rotatable bonds is 8. The van der Waals surface area contributed by atoms with Crippen LogP contribution in [0.2, 0.25) is 6.04 Å². The standard InChI is InChI=1S/C12H19N3O3Si/c1-16-19(17-2,18-3)9-8-11-4-6-12(7-5-11)10-14-15-13/h4-7H,8-10H2,1-3H3. The molecular weight excluding hydrogens is 262 g/mol. The van der Waals surface area contributed by atoms with Gasteiger partial charge in [-0.2, -0.15) is 0 Å². The summed E-state index contributed by atoms with van der Waals surface area (Å²) in [5.74, 6) is 0. The summed E-state index contributed by atoms with van der Waals surface area (Å²) in [4.78, 5) is 2.74. The van der Waals surface area contributed by atoms with Gasteiger partial charge < -0.3 is 13.3 Å². The lowest BCUT2D eigenvalue weighted by Gasteiger charge is -2.24. The van der Waals surface area contributed by atoms with Crippen molar-refractivity contribution in [1.29, 1.82) is 0 Å². The van der Waals surface area contributed by atoms with Crippen LogP contribution in [0.5, 0.6) is 0 Å². The van der Waals surface area contributed by atoms with E-state index in [0.29, 0.717) is 6.54 Å². The van der Waals surface area contributed by atoms with Gasteiger partial charge in [0.2, 0.25) is 0 Å². The van der Waals surface area contributed by atoms with Crippen molar-refractivity contribution in [3.63, 3.8) is 0 Å². The van der Waals surface area contributed by atoms with Gasteiger partial charge in [-0.25, -0.2) is 0 Å². The number of aryl methyl sites for hydroxylation is 1. The summed E-state index contributed by atoms with van der Waals surface area (Å²) in [6.07, 6.45) is 0.823. The van der Waals surface area contributed by atoms with Crippen molar-refractivity contribution in [3.05, 3.63) is 45.8 Å². The van der Waals surface area contributed by atoms with E-state index in [4.69, 9.17) is 18.8 Å². The van der Waals surface area contributed by atoms with Crippen molar-refractivity contribution in [3.8, 4) is 0 Å². The highest BCUT2D eigenvalue weighted by Crippen LogP contribution is 2.17. The van der Waals surface area contributed by atoms with E-state index in [1.165, 1.54) is 5.56 Å². The van der Waals surface area contributed by atoms with Gasteiger partial charge in [-0.15, -0.1) is 0 Å². The minimum Gasteiger partial charge on any atom is -0.377 e. The van der Waals surface area contributed by atoms with Gasteiger partial charge in [-0.05, 0) is 23.1 Å². The minimum atomic E-state index is -2.50. The van der Waals surface area contributed by atoms with Gasteiger partial charge >= 0.3 is 8.80 Å². The molecule has 0 amide bonds. The summed E-state index contributed by atoms with van der Waals surface area (Å²) in [5.41, 5.74) is 10.4. The molecule has 6 nitrogen and oxygen atoms in total. The molecule has 0 aliphatic carbocycles. The molecule has 0 atom stereocenters. The summed E-state index contributed by atoms with van der Waals surface area (Å²) in [7, 11) is 2.34. The highest BCUT2D eigenvalue weighted by atomic mass is 28.4. The van der Waals surface area contributed by atoms with Crippen LogP contribution >= 0.6 is 0 Å². The molecule has 0 unspecified atom stereocenters. The second-order valence-corrected chi connectivity index (χ2v) is 7.09. The van der Waals surface area contributed by atoms with E-state index in [0.717, 1.165) is 18.0 Å². The average molecular weight is 281 g/mol. The van der Waals surface area contributed by atoms with Crippen LogP contribution in [0.4, 0.5) is 0 Å². The SMILES string of the molecule is CO[Si](CCc1ccc(CN=[N+]=[N-])cc1)(OC)OC. The molecule has 7 heteroatoms. The van der Waals surface area contributed by atoms with Gasteiger partial charge in [0.15, 0.2) is 0 Å². The predicted molar refractivity (Wildman–Crippen MR) is 74.6 cm³/mol. The summed E-state index contributed by atoms with van der Waals surface area (Å²) in [6.45, 7) is 0.379. The second-order valence-electron chi connectivity index (χ2n) is 4.00. The first-order valence-electron chi connectivity index (χ1n) is 5.94. The van der Waals surface area contributed by atoms with Gasteiger partial charge in [0.25, 0.3) is 0 Å². The van der Waals surface area contributed by atoms with E-state index < -0.39 is 8.80 Å². The van der Waals surface area contributed by atoms with E-state index >= 15 is 0 Å². The van der Waals surface area contributed by atoms with Gasteiger partial charge in [0.1, 0.15) is 0 Å². The zero-order chi connectivity index (χ0) is 14.1. The van der Waals surface area contributed by atoms with Crippen molar-refractivity contribution in [2.75, 3.05) is 21.3 Å². The Kier molecular flexibility index (Phi) is 6.55. The smallest absolute Gasteiger partial charge is 0.377 e. The largest absolute Gasteiger partial charge is 0.500 e. The fraction of sp³-hybridized carbons (Fsp3) is 0.500. The third-order valence-electron chi connectivity index (χ3n) is 2.99. The highest BCUT2D eigenvalue weighted by molar-refractivity contribution is 6.60. The summed E-state index contributed by atoms with van der Waals surface area (Å²) >= 11 is 0. The molecule has 0 N–H and O–H groups in total. The van der Waals surface area contributed by atoms with Gasteiger partial charge in [-0.3, -0.25) is 0 Å². The maximum atomic E-state index is 8.26. The third-order valence-corrected chi connectivity index (χ3v) is 5.72. The molecule has 0 aliphatic heterocycles. The molecule has 0 bridgehead atoms. The average Bonchev–Trinajstić information content (AvgIpc) is 2.48. The molecule has 0 spiro atoms. The van der Waals surface area contributed by atoms with Crippen molar-refractivity contribution < 1.29 is 13.3 Å². The lowest BCUT2D eigenvalue weighted by Crippen LogP contribution is -2.43. The number of hydrogen-bond acceptors (Lipinski definition) is 4. The topological polar surface area (TPSA) is 76.5 Å². The molecule has 1 rings (SSSR count). The Balaban J connectivity index is 2.60. The zero-order valence-corrected chi connectivity index (χ0v) is 12.5. The van der Waals surface area contributed by atoms with Crippen LogP contribution in [0, 0.1) is 0 Å². The lowest BCUT2D eigenvalue weighted by molar-refractivity contribution is 0.123. The van der Waals surface area contributed by atoms with Crippen LogP contribution in [0.1, 0.15) is 11.1 Å². The Morgan fingerprint density at radius 1 is 1.05 bits per heavy atom. The summed E-state index contributed by atoms with van der Waals surface area (Å²) in [5, 5.41) is 3.52. The van der Waals surface area contributed by atoms with Crippen LogP contribution in [-0.2, 0) is 26.2 Å². The zero-order valence-electron chi connectivity index (χ0n) is 11.5. The number of nitrogens with zero attached hydrogens (tertiary/aromatic N) is 3. The van der Waals surface area contributed by atoms with Crippen LogP contribution in [-0.4, -0.2) is 30.1 Å². The molecule has 1 aromatic rings. The quantitative estimate of drug-likeness (QED) is 0.318. The normalized spacial score (nSPS) is 11.1. The first kappa shape index (κ1) is 15.7. The van der Waals surface area contributed by atoms with Crippen LogP contribution < -0.4 is 0 Å². The van der Waals surface area contributed by atoms with Crippen molar-refractivity contribution in [2.24, 2.45) is 5.11 Å². The molecule has 0 aromatic heterocycles. The maximum Gasteiger partial charge on any atom is 0.500 e. The van der Waals surface area contributed by atoms with E-state index in [9.17, 15) is 0 Å². The highest BCUT2D eigenvalue weighted by Gasteiger charge is 2.36. The number of hydrogen-bond donors (Lipinski definition) is 0. The van der Waals surface area contributed by atoms with E-state index in [1.807, 2.05) is 24.3 Å². The first-order valence-corrected chi connectivity index (χ1v) is 7.87. The monoisotopic (exact) mass is 281 g/mol. The number of azide groups is 1. The Bertz CT molecular complexity index is 420. The minimum absolute atomic E-state index is 0.379. The molecular formula is C12H19N3O3Si. The maximum absolute atomic E-state index is 8.26. The Labute approximate surface area is 114 Å². The fourth-order valence-electron chi connectivity index (χ4n) is 1.78. The fourth-order valence-corrected chi connectivity index (χ4v) is 3.49. The van der Waals surface area contributed by atoms with E-state index in [-0.39, 0.29) is 0 Å². The number of benzene rings is 1. The van der Waals surface area contributed by atoms with Gasteiger partial charge in [0.05, 0.1) is 6.54 Å². The molecule has 0 radical (unpaired) electrons. The van der Waals surface area contributed by atoms with Crippen molar-refractivity contribution >= 4 is 8.80 Å². The third kappa shape index (κ3) is 4.66. The van der Waals surface area contributed by atoms with Crippen molar-refractivity contribution in [1.82, 2.24) is 0 Å². The molecule has 0 fully saturated rings. The van der Waals surface area contributed by atoms with Gasteiger partial charge in [-0.1, -0.05) is 29.4 Å². The molecule has 104 valence electrons. The molecule has 0 saturated heterocycles. The molecule has 1 aromatic carbocycles. The first-order chi connectivity index (χ1) is 9.19. The molecule has 0 heterocycles. The summed E-state index contributed by atoms with van der Waals surface area (Å²) < 4.78 is 16.1. The van der Waals surface area contributed by atoms with Crippen molar-refractivity contribution in [2.45, 2.75) is 19.0 Å². The van der Waals surface area contributed by atoms with Gasteiger partial charge in [0, 0.05) is 32.3 Å². The van der Waals surface area contributed by atoms with Crippen LogP contribution in [0.15, 0.2) is 29.4 Å². The molecule has 19 heavy (non-hydrogen) atoms. The predicted octanol–water partition coefficient (Wildman–Crippen LogP) is 2.92. The molecule has 0 aliphatic rings. The van der Waals surface area contributed by atoms with E-state index in [2.05, 4.69) is 10.0 Å². The Hall–Kier alpha value is -1.37. The molecule has 0 saturated carbocycles. The second kappa shape index (κ2) is 7.93.